The number of piperazine rings is 1. The highest BCUT2D eigenvalue weighted by molar-refractivity contribution is 9.10. The Morgan fingerprint density at radius 1 is 1.14 bits per heavy atom. The van der Waals surface area contributed by atoms with Crippen LogP contribution in [-0.4, -0.2) is 32.2 Å². The molecule has 2 fully saturated rings. The summed E-state index contributed by atoms with van der Waals surface area (Å²) in [6.45, 7) is 9.06. The van der Waals surface area contributed by atoms with Gasteiger partial charge in [-0.1, -0.05) is 41.4 Å². The molecule has 0 aromatic heterocycles. The molecule has 2 atom stereocenters. The lowest BCUT2D eigenvalue weighted by atomic mass is 9.86. The molecule has 1 aliphatic carbocycles. The van der Waals surface area contributed by atoms with Crippen LogP contribution in [0.5, 0.6) is 0 Å². The number of hydrogen-bond donors (Lipinski definition) is 2. The maximum absolute atomic E-state index is 3.58. The van der Waals surface area contributed by atoms with Crippen LogP contribution < -0.4 is 9.80 Å². The Morgan fingerprint density at radius 2 is 1.95 bits per heavy atom. The molecule has 2 N–H and O–H groups in total. The normalized spacial score (nSPS) is 33.8. The van der Waals surface area contributed by atoms with Gasteiger partial charge in [-0.15, -0.1) is 0 Å². The summed E-state index contributed by atoms with van der Waals surface area (Å²) in [6, 6.07) is 9.77. The summed E-state index contributed by atoms with van der Waals surface area (Å²) in [7, 11) is 0. The van der Waals surface area contributed by atoms with Crippen molar-refractivity contribution in [2.24, 2.45) is 5.92 Å². The molecular weight excluding hydrogens is 324 g/mol. The predicted octanol–water partition coefficient (Wildman–Crippen LogP) is 1.31. The smallest absolute Gasteiger partial charge is 0.127 e. The van der Waals surface area contributed by atoms with Crippen LogP contribution in [0.15, 0.2) is 28.7 Å². The first kappa shape index (κ1) is 15.5. The molecule has 1 aliphatic heterocycles. The van der Waals surface area contributed by atoms with Crippen LogP contribution in [0.3, 0.4) is 0 Å². The second kappa shape index (κ2) is 7.26. The molecule has 3 heteroatoms. The fraction of sp³-hybridized carbons (Fsp3) is 0.667. The summed E-state index contributed by atoms with van der Waals surface area (Å²) in [5, 5.41) is 0. The highest BCUT2D eigenvalue weighted by atomic mass is 79.9. The van der Waals surface area contributed by atoms with Crippen LogP contribution in [0.4, 0.5) is 0 Å². The Hall–Kier alpha value is -0.380. The average molecular weight is 353 g/mol. The van der Waals surface area contributed by atoms with Crippen LogP contribution in [0.2, 0.25) is 0 Å². The van der Waals surface area contributed by atoms with Crippen molar-refractivity contribution in [1.82, 2.24) is 0 Å². The molecule has 21 heavy (non-hydrogen) atoms. The quantitative estimate of drug-likeness (QED) is 0.811. The SMILES string of the molecule is C[C@@H]1CCC[C@H]([NH+]2CC[NH+](Cc3cccc(Br)c3)CC2)C1. The van der Waals surface area contributed by atoms with Gasteiger partial charge in [0.15, 0.2) is 0 Å². The number of rotatable bonds is 3. The monoisotopic (exact) mass is 352 g/mol. The fourth-order valence-corrected chi connectivity index (χ4v) is 4.70. The van der Waals surface area contributed by atoms with Gasteiger partial charge in [0.05, 0.1) is 6.04 Å². The molecule has 3 rings (SSSR count). The zero-order valence-electron chi connectivity index (χ0n) is 13.2. The third kappa shape index (κ3) is 4.30. The van der Waals surface area contributed by atoms with Crippen molar-refractivity contribution < 1.29 is 9.80 Å². The molecule has 1 heterocycles. The Balaban J connectivity index is 1.48. The van der Waals surface area contributed by atoms with E-state index >= 15 is 0 Å². The molecule has 0 unspecified atom stereocenters. The van der Waals surface area contributed by atoms with Crippen molar-refractivity contribution in [3.8, 4) is 0 Å². The van der Waals surface area contributed by atoms with E-state index in [9.17, 15) is 0 Å². The van der Waals surface area contributed by atoms with E-state index in [0.717, 1.165) is 12.0 Å². The van der Waals surface area contributed by atoms with Crippen molar-refractivity contribution in [3.05, 3.63) is 34.3 Å². The summed E-state index contributed by atoms with van der Waals surface area (Å²) < 4.78 is 1.21. The molecule has 1 saturated heterocycles. The number of hydrogen-bond acceptors (Lipinski definition) is 0. The lowest BCUT2D eigenvalue weighted by Crippen LogP contribution is -3.29. The van der Waals surface area contributed by atoms with E-state index in [1.165, 1.54) is 68.4 Å². The number of nitrogens with one attached hydrogen (secondary N) is 2. The second-order valence-corrected chi connectivity index (χ2v) is 8.10. The maximum Gasteiger partial charge on any atom is 0.127 e. The number of benzene rings is 1. The van der Waals surface area contributed by atoms with Crippen molar-refractivity contribution in [2.45, 2.75) is 45.2 Å². The van der Waals surface area contributed by atoms with E-state index in [4.69, 9.17) is 0 Å². The lowest BCUT2D eigenvalue weighted by Gasteiger charge is -2.37. The van der Waals surface area contributed by atoms with Crippen LogP contribution in [-0.2, 0) is 6.54 Å². The minimum absolute atomic E-state index is 0.959. The zero-order chi connectivity index (χ0) is 14.7. The van der Waals surface area contributed by atoms with E-state index in [-0.39, 0.29) is 0 Å². The molecule has 1 saturated carbocycles. The third-order valence-corrected chi connectivity index (χ3v) is 5.95. The van der Waals surface area contributed by atoms with E-state index in [2.05, 4.69) is 47.1 Å². The van der Waals surface area contributed by atoms with Gasteiger partial charge in [0.2, 0.25) is 0 Å². The first-order chi connectivity index (χ1) is 10.2. The standard InChI is InChI=1S/C18H27BrN2/c1-15-4-2-7-18(12-15)21-10-8-20(9-11-21)14-16-5-3-6-17(19)13-16/h3,5-6,13,15,18H,2,4,7-12,14H2,1H3/p+2/t15-,18+/m1/s1. The van der Waals surface area contributed by atoms with Crippen LogP contribution in [0.25, 0.3) is 0 Å². The first-order valence-electron chi connectivity index (χ1n) is 8.63. The van der Waals surface area contributed by atoms with Crippen LogP contribution >= 0.6 is 15.9 Å². The van der Waals surface area contributed by atoms with E-state index in [1.807, 2.05) is 4.90 Å². The molecule has 0 bridgehead atoms. The second-order valence-electron chi connectivity index (χ2n) is 7.18. The number of quaternary nitrogens is 2. The van der Waals surface area contributed by atoms with Gasteiger partial charge < -0.3 is 9.80 Å². The zero-order valence-corrected chi connectivity index (χ0v) is 14.8. The van der Waals surface area contributed by atoms with E-state index in [0.29, 0.717) is 0 Å². The summed E-state index contributed by atoms with van der Waals surface area (Å²) >= 11 is 3.58. The van der Waals surface area contributed by atoms with Crippen molar-refractivity contribution in [2.75, 3.05) is 26.2 Å². The van der Waals surface area contributed by atoms with Gasteiger partial charge in [0.25, 0.3) is 0 Å². The Labute approximate surface area is 137 Å². The van der Waals surface area contributed by atoms with Crippen LogP contribution in [0.1, 0.15) is 38.2 Å². The Kier molecular flexibility index (Phi) is 5.36. The highest BCUT2D eigenvalue weighted by Gasteiger charge is 2.32. The van der Waals surface area contributed by atoms with Gasteiger partial charge in [0, 0.05) is 16.5 Å². The van der Waals surface area contributed by atoms with E-state index in [1.54, 1.807) is 4.90 Å². The minimum Gasteiger partial charge on any atom is -0.323 e. The minimum atomic E-state index is 0.959. The Bertz CT molecular complexity index is 454. The van der Waals surface area contributed by atoms with Crippen LogP contribution in [0, 0.1) is 5.92 Å². The van der Waals surface area contributed by atoms with E-state index < -0.39 is 0 Å². The van der Waals surface area contributed by atoms with Gasteiger partial charge in [-0.2, -0.15) is 0 Å². The molecule has 1 aromatic rings. The summed E-state index contributed by atoms with van der Waals surface area (Å²) in [4.78, 5) is 3.67. The van der Waals surface area contributed by atoms with Gasteiger partial charge in [-0.3, -0.25) is 0 Å². The molecular formula is C18H29BrN2+2. The summed E-state index contributed by atoms with van der Waals surface area (Å²) in [5.74, 6) is 0.961. The maximum atomic E-state index is 3.58. The molecule has 116 valence electrons. The average Bonchev–Trinajstić information content (AvgIpc) is 2.48. The molecule has 2 nitrogen and oxygen atoms in total. The van der Waals surface area contributed by atoms with Gasteiger partial charge in [-0.05, 0) is 30.9 Å². The highest BCUT2D eigenvalue weighted by Crippen LogP contribution is 2.21. The predicted molar refractivity (Wildman–Crippen MR) is 90.7 cm³/mol. The molecule has 2 aliphatic rings. The summed E-state index contributed by atoms with van der Waals surface area (Å²) in [6.07, 6.45) is 5.87. The fourth-order valence-electron chi connectivity index (χ4n) is 4.25. The topological polar surface area (TPSA) is 8.88 Å². The molecule has 0 spiro atoms. The molecule has 0 radical (unpaired) electrons. The third-order valence-electron chi connectivity index (χ3n) is 5.46. The first-order valence-corrected chi connectivity index (χ1v) is 9.42. The van der Waals surface area contributed by atoms with Crippen molar-refractivity contribution >= 4 is 15.9 Å². The van der Waals surface area contributed by atoms with Gasteiger partial charge in [0.1, 0.15) is 32.7 Å². The molecule has 0 amide bonds. The molecule has 1 aromatic carbocycles. The Morgan fingerprint density at radius 3 is 2.67 bits per heavy atom. The van der Waals surface area contributed by atoms with Crippen molar-refractivity contribution in [1.29, 1.82) is 0 Å². The van der Waals surface area contributed by atoms with Crippen molar-refractivity contribution in [3.63, 3.8) is 0 Å². The lowest BCUT2D eigenvalue weighted by molar-refractivity contribution is -1.03. The van der Waals surface area contributed by atoms with Gasteiger partial charge >= 0.3 is 0 Å². The number of halogens is 1. The summed E-state index contributed by atoms with van der Waals surface area (Å²) in [5.41, 5.74) is 1.47. The largest absolute Gasteiger partial charge is 0.323 e. The van der Waals surface area contributed by atoms with Gasteiger partial charge in [-0.25, -0.2) is 0 Å².